The molecule has 2 aromatic rings. The Morgan fingerprint density at radius 3 is 2.67 bits per heavy atom. The molecule has 1 atom stereocenters. The number of nitrogens with zero attached hydrogens (tertiary/aromatic N) is 2. The maximum atomic E-state index is 6.29. The second kappa shape index (κ2) is 6.85. The molecule has 21 heavy (non-hydrogen) atoms. The first-order valence-corrected chi connectivity index (χ1v) is 8.53. The van der Waals surface area contributed by atoms with Crippen molar-refractivity contribution in [1.82, 2.24) is 9.78 Å². The predicted molar refractivity (Wildman–Crippen MR) is 88.3 cm³/mol. The molecule has 112 valence electrons. The van der Waals surface area contributed by atoms with E-state index >= 15 is 0 Å². The van der Waals surface area contributed by atoms with Crippen LogP contribution in [0.2, 0.25) is 5.02 Å². The summed E-state index contributed by atoms with van der Waals surface area (Å²) in [6.45, 7) is 0. The topological polar surface area (TPSA) is 17.8 Å². The first-order valence-electron chi connectivity index (χ1n) is 7.62. The summed E-state index contributed by atoms with van der Waals surface area (Å²) in [6.07, 6.45) is 8.11. The van der Waals surface area contributed by atoms with Crippen molar-refractivity contribution in [3.05, 3.63) is 52.8 Å². The lowest BCUT2D eigenvalue weighted by Gasteiger charge is -2.15. The van der Waals surface area contributed by atoms with Gasteiger partial charge in [-0.25, -0.2) is 0 Å². The minimum Gasteiger partial charge on any atom is -0.269 e. The summed E-state index contributed by atoms with van der Waals surface area (Å²) >= 11 is 12.5. The van der Waals surface area contributed by atoms with Crippen molar-refractivity contribution in [3.63, 3.8) is 0 Å². The van der Waals surface area contributed by atoms with Crippen LogP contribution in [-0.4, -0.2) is 15.7 Å². The largest absolute Gasteiger partial charge is 0.269 e. The summed E-state index contributed by atoms with van der Waals surface area (Å²) in [5.41, 5.74) is 2.22. The summed E-state index contributed by atoms with van der Waals surface area (Å²) in [5, 5.41) is 5.54. The summed E-state index contributed by atoms with van der Waals surface area (Å²) in [7, 11) is 0. The smallest absolute Gasteiger partial charge is 0.0631 e. The SMILES string of the molecule is ClCC(Cc1ccn(C2CCCC2)n1)c1ccccc1Cl. The lowest BCUT2D eigenvalue weighted by atomic mass is 9.96. The number of hydrogen-bond donors (Lipinski definition) is 0. The molecule has 1 heterocycles. The van der Waals surface area contributed by atoms with Gasteiger partial charge in [0.05, 0.1) is 11.7 Å². The molecule has 0 radical (unpaired) electrons. The van der Waals surface area contributed by atoms with Gasteiger partial charge in [0.25, 0.3) is 0 Å². The average Bonchev–Trinajstić information content (AvgIpc) is 3.16. The third kappa shape index (κ3) is 3.44. The average molecular weight is 323 g/mol. The molecule has 1 fully saturated rings. The molecule has 0 aliphatic heterocycles. The fraction of sp³-hybridized carbons (Fsp3) is 0.471. The van der Waals surface area contributed by atoms with E-state index in [-0.39, 0.29) is 5.92 Å². The molecule has 0 bridgehead atoms. The van der Waals surface area contributed by atoms with Crippen LogP contribution in [0.15, 0.2) is 36.5 Å². The molecular weight excluding hydrogens is 303 g/mol. The minimum absolute atomic E-state index is 0.215. The molecule has 2 nitrogen and oxygen atoms in total. The van der Waals surface area contributed by atoms with E-state index in [1.807, 2.05) is 18.2 Å². The molecule has 1 aromatic carbocycles. The summed E-state index contributed by atoms with van der Waals surface area (Å²) < 4.78 is 2.14. The molecule has 0 N–H and O–H groups in total. The molecule has 1 aliphatic rings. The molecule has 1 aliphatic carbocycles. The Morgan fingerprint density at radius 2 is 1.95 bits per heavy atom. The van der Waals surface area contributed by atoms with Crippen LogP contribution in [0, 0.1) is 0 Å². The summed E-state index contributed by atoms with van der Waals surface area (Å²) in [4.78, 5) is 0. The lowest BCUT2D eigenvalue weighted by Crippen LogP contribution is -2.09. The fourth-order valence-corrected chi connectivity index (χ4v) is 3.73. The maximum absolute atomic E-state index is 6.29. The predicted octanol–water partition coefficient (Wildman–Crippen LogP) is 5.22. The van der Waals surface area contributed by atoms with Crippen LogP contribution in [0.4, 0.5) is 0 Å². The lowest BCUT2D eigenvalue weighted by molar-refractivity contribution is 0.461. The summed E-state index contributed by atoms with van der Waals surface area (Å²) in [5.74, 6) is 0.771. The molecule has 4 heteroatoms. The first kappa shape index (κ1) is 14.9. The normalized spacial score (nSPS) is 17.2. The molecule has 0 saturated heterocycles. The third-order valence-corrected chi connectivity index (χ3v) is 5.07. The number of aromatic nitrogens is 2. The van der Waals surface area contributed by atoms with Crippen molar-refractivity contribution in [2.75, 3.05) is 5.88 Å². The van der Waals surface area contributed by atoms with E-state index in [0.717, 1.165) is 22.7 Å². The van der Waals surface area contributed by atoms with Gasteiger partial charge in [-0.3, -0.25) is 4.68 Å². The van der Waals surface area contributed by atoms with Crippen molar-refractivity contribution >= 4 is 23.2 Å². The van der Waals surface area contributed by atoms with Gasteiger partial charge >= 0.3 is 0 Å². The van der Waals surface area contributed by atoms with E-state index in [1.54, 1.807) is 0 Å². The van der Waals surface area contributed by atoms with E-state index in [0.29, 0.717) is 11.9 Å². The van der Waals surface area contributed by atoms with Gasteiger partial charge in [0, 0.05) is 23.0 Å². The van der Waals surface area contributed by atoms with Crippen LogP contribution >= 0.6 is 23.2 Å². The quantitative estimate of drug-likeness (QED) is 0.690. The van der Waals surface area contributed by atoms with Gasteiger partial charge in [0.2, 0.25) is 0 Å². The van der Waals surface area contributed by atoms with Gasteiger partial charge < -0.3 is 0 Å². The zero-order chi connectivity index (χ0) is 14.7. The highest BCUT2D eigenvalue weighted by Crippen LogP contribution is 2.31. The third-order valence-electron chi connectivity index (χ3n) is 4.35. The van der Waals surface area contributed by atoms with Gasteiger partial charge in [0.15, 0.2) is 0 Å². The number of rotatable bonds is 5. The highest BCUT2D eigenvalue weighted by molar-refractivity contribution is 6.31. The molecule has 0 amide bonds. The Bertz CT molecular complexity index is 588. The Morgan fingerprint density at radius 1 is 1.19 bits per heavy atom. The highest BCUT2D eigenvalue weighted by atomic mass is 35.5. The zero-order valence-corrected chi connectivity index (χ0v) is 13.5. The van der Waals surface area contributed by atoms with Crippen molar-refractivity contribution < 1.29 is 0 Å². The number of alkyl halides is 1. The standard InChI is InChI=1S/C17H20Cl2N2/c18-12-13(16-7-3-4-8-17(16)19)11-14-9-10-21(20-14)15-5-1-2-6-15/h3-4,7-10,13,15H,1-2,5-6,11-12H2. The van der Waals surface area contributed by atoms with Crippen molar-refractivity contribution in [3.8, 4) is 0 Å². The van der Waals surface area contributed by atoms with Crippen LogP contribution < -0.4 is 0 Å². The second-order valence-corrected chi connectivity index (χ2v) is 6.52. The van der Waals surface area contributed by atoms with Gasteiger partial charge in [-0.05, 0) is 37.0 Å². The van der Waals surface area contributed by atoms with Crippen molar-refractivity contribution in [2.45, 2.75) is 44.1 Å². The van der Waals surface area contributed by atoms with E-state index in [2.05, 4.69) is 23.0 Å². The zero-order valence-electron chi connectivity index (χ0n) is 12.0. The highest BCUT2D eigenvalue weighted by Gasteiger charge is 2.19. The van der Waals surface area contributed by atoms with Gasteiger partial charge in [-0.15, -0.1) is 11.6 Å². The van der Waals surface area contributed by atoms with E-state index in [4.69, 9.17) is 28.3 Å². The van der Waals surface area contributed by atoms with E-state index in [1.165, 1.54) is 25.7 Å². The van der Waals surface area contributed by atoms with Crippen molar-refractivity contribution in [1.29, 1.82) is 0 Å². The van der Waals surface area contributed by atoms with Crippen LogP contribution in [-0.2, 0) is 6.42 Å². The molecule has 1 unspecified atom stereocenters. The molecule has 3 rings (SSSR count). The Balaban J connectivity index is 1.74. The second-order valence-electron chi connectivity index (χ2n) is 5.80. The van der Waals surface area contributed by atoms with Crippen molar-refractivity contribution in [2.24, 2.45) is 0 Å². The van der Waals surface area contributed by atoms with Crippen LogP contribution in [0.1, 0.15) is 48.9 Å². The molecule has 1 aromatic heterocycles. The Kier molecular flexibility index (Phi) is 4.87. The molecule has 0 spiro atoms. The van der Waals surface area contributed by atoms with Crippen LogP contribution in [0.3, 0.4) is 0 Å². The molecular formula is C17H20Cl2N2. The maximum Gasteiger partial charge on any atom is 0.0631 e. The number of hydrogen-bond acceptors (Lipinski definition) is 1. The van der Waals surface area contributed by atoms with Crippen LogP contribution in [0.5, 0.6) is 0 Å². The van der Waals surface area contributed by atoms with Gasteiger partial charge in [0.1, 0.15) is 0 Å². The Hall–Kier alpha value is -0.990. The number of benzene rings is 1. The summed E-state index contributed by atoms with van der Waals surface area (Å²) in [6, 6.07) is 10.7. The van der Waals surface area contributed by atoms with Gasteiger partial charge in [-0.1, -0.05) is 42.6 Å². The first-order chi connectivity index (χ1) is 10.3. The minimum atomic E-state index is 0.215. The molecule has 1 saturated carbocycles. The van der Waals surface area contributed by atoms with E-state index in [9.17, 15) is 0 Å². The Labute approximate surface area is 136 Å². The van der Waals surface area contributed by atoms with Gasteiger partial charge in [-0.2, -0.15) is 5.10 Å². The van der Waals surface area contributed by atoms with E-state index < -0.39 is 0 Å². The van der Waals surface area contributed by atoms with Crippen LogP contribution in [0.25, 0.3) is 0 Å². The monoisotopic (exact) mass is 322 g/mol. The number of halogens is 2. The fourth-order valence-electron chi connectivity index (χ4n) is 3.16.